The monoisotopic (exact) mass is 258 g/mol. The molecule has 1 atom stereocenters. The summed E-state index contributed by atoms with van der Waals surface area (Å²) in [6.07, 6.45) is -0.856. The van der Waals surface area contributed by atoms with Gasteiger partial charge in [-0.15, -0.1) is 0 Å². The van der Waals surface area contributed by atoms with Crippen molar-refractivity contribution >= 4 is 11.9 Å². The number of aliphatic hydroxyl groups excluding tert-OH is 1. The second-order valence-electron chi connectivity index (χ2n) is 4.54. The molecule has 0 radical (unpaired) electrons. The van der Waals surface area contributed by atoms with Gasteiger partial charge in [0.05, 0.1) is 6.54 Å². The average Bonchev–Trinajstić information content (AvgIpc) is 2.25. The first-order valence-corrected chi connectivity index (χ1v) is 5.76. The van der Waals surface area contributed by atoms with E-state index in [0.717, 1.165) is 6.54 Å². The summed E-state index contributed by atoms with van der Waals surface area (Å²) in [5.41, 5.74) is 0.331. The normalized spacial score (nSPS) is 12.3. The molecule has 1 amide bonds. The predicted molar refractivity (Wildman–Crippen MR) is 68.2 cm³/mol. The zero-order valence-corrected chi connectivity index (χ0v) is 11.2. The first-order valence-electron chi connectivity index (χ1n) is 5.76. The van der Waals surface area contributed by atoms with Gasteiger partial charge in [-0.05, 0) is 34.0 Å². The molecule has 0 spiro atoms. The van der Waals surface area contributed by atoms with Gasteiger partial charge in [-0.2, -0.15) is 0 Å². The summed E-state index contributed by atoms with van der Waals surface area (Å²) in [6, 6.07) is 0. The lowest BCUT2D eigenvalue weighted by Crippen LogP contribution is -2.42. The molecule has 0 aromatic rings. The maximum absolute atomic E-state index is 11.8. The van der Waals surface area contributed by atoms with Gasteiger partial charge in [0, 0.05) is 12.1 Å². The van der Waals surface area contributed by atoms with Crippen LogP contribution in [0, 0.1) is 0 Å². The lowest BCUT2D eigenvalue weighted by molar-refractivity contribution is -0.148. The van der Waals surface area contributed by atoms with E-state index in [1.165, 1.54) is 4.90 Å². The molecular formula is C12H22N2O4. The number of carboxylic acid groups (broad SMARTS) is 1. The Bertz CT molecular complexity index is 315. The quantitative estimate of drug-likeness (QED) is 0.589. The molecule has 0 saturated carbocycles. The van der Waals surface area contributed by atoms with Crippen molar-refractivity contribution in [2.75, 3.05) is 33.7 Å². The highest BCUT2D eigenvalue weighted by Crippen LogP contribution is 2.03. The van der Waals surface area contributed by atoms with E-state index in [-0.39, 0.29) is 12.5 Å². The molecule has 0 aromatic carbocycles. The maximum atomic E-state index is 11.8. The smallest absolute Gasteiger partial charge is 0.334 e. The van der Waals surface area contributed by atoms with E-state index in [2.05, 4.69) is 6.58 Å². The molecular weight excluding hydrogens is 236 g/mol. The Morgan fingerprint density at radius 1 is 1.28 bits per heavy atom. The van der Waals surface area contributed by atoms with Gasteiger partial charge < -0.3 is 20.0 Å². The number of carboxylic acids is 1. The number of carbonyl (C=O) groups excluding carboxylic acids is 1. The zero-order valence-electron chi connectivity index (χ0n) is 11.2. The molecule has 0 aliphatic heterocycles. The number of hydrogen-bond donors (Lipinski definition) is 2. The van der Waals surface area contributed by atoms with E-state index < -0.39 is 12.1 Å². The van der Waals surface area contributed by atoms with Crippen LogP contribution in [0.5, 0.6) is 0 Å². The van der Waals surface area contributed by atoms with E-state index >= 15 is 0 Å². The fourth-order valence-corrected chi connectivity index (χ4v) is 1.41. The standard InChI is InChI=1S/C12H22N2O4/c1-9(2)11(16)14(7-5-6-13(3)4)8-10(15)12(17)18/h10,15H,1,5-8H2,2-4H3,(H,17,18). The molecule has 0 aliphatic rings. The molecule has 6 heteroatoms. The van der Waals surface area contributed by atoms with E-state index in [0.29, 0.717) is 18.5 Å². The van der Waals surface area contributed by atoms with Crippen molar-refractivity contribution in [3.05, 3.63) is 12.2 Å². The number of carbonyl (C=O) groups is 2. The largest absolute Gasteiger partial charge is 0.479 e. The molecule has 1 unspecified atom stereocenters. The van der Waals surface area contributed by atoms with Crippen LogP contribution >= 0.6 is 0 Å². The Kier molecular flexibility index (Phi) is 7.23. The number of aliphatic carboxylic acids is 1. The van der Waals surface area contributed by atoms with Gasteiger partial charge in [-0.1, -0.05) is 6.58 Å². The molecule has 6 nitrogen and oxygen atoms in total. The van der Waals surface area contributed by atoms with Crippen LogP contribution < -0.4 is 0 Å². The lowest BCUT2D eigenvalue weighted by atomic mass is 10.2. The highest BCUT2D eigenvalue weighted by atomic mass is 16.4. The van der Waals surface area contributed by atoms with Crippen molar-refractivity contribution in [3.63, 3.8) is 0 Å². The van der Waals surface area contributed by atoms with Crippen molar-refractivity contribution in [1.82, 2.24) is 9.80 Å². The molecule has 0 rings (SSSR count). The van der Waals surface area contributed by atoms with Gasteiger partial charge >= 0.3 is 5.97 Å². The van der Waals surface area contributed by atoms with Gasteiger partial charge in [0.15, 0.2) is 6.10 Å². The van der Waals surface area contributed by atoms with Crippen molar-refractivity contribution in [2.24, 2.45) is 0 Å². The topological polar surface area (TPSA) is 81.1 Å². The lowest BCUT2D eigenvalue weighted by Gasteiger charge is -2.24. The Hall–Kier alpha value is -1.40. The van der Waals surface area contributed by atoms with E-state index in [4.69, 9.17) is 5.11 Å². The first kappa shape index (κ1) is 16.6. The second kappa shape index (κ2) is 7.84. The third-order valence-corrected chi connectivity index (χ3v) is 2.36. The van der Waals surface area contributed by atoms with Crippen molar-refractivity contribution in [1.29, 1.82) is 0 Å². The van der Waals surface area contributed by atoms with Crippen molar-refractivity contribution < 1.29 is 19.8 Å². The minimum atomic E-state index is -1.56. The van der Waals surface area contributed by atoms with E-state index in [9.17, 15) is 14.7 Å². The minimum Gasteiger partial charge on any atom is -0.479 e. The third-order valence-electron chi connectivity index (χ3n) is 2.36. The Morgan fingerprint density at radius 2 is 1.83 bits per heavy atom. The SMILES string of the molecule is C=C(C)C(=O)N(CCCN(C)C)CC(O)C(=O)O. The van der Waals surface area contributed by atoms with Crippen LogP contribution in [0.3, 0.4) is 0 Å². The first-order chi connectivity index (χ1) is 8.25. The minimum absolute atomic E-state index is 0.214. The summed E-state index contributed by atoms with van der Waals surface area (Å²) in [6.45, 7) is 6.07. The summed E-state index contributed by atoms with van der Waals surface area (Å²) in [4.78, 5) is 25.7. The summed E-state index contributed by atoms with van der Waals surface area (Å²) < 4.78 is 0. The van der Waals surface area contributed by atoms with Crippen LogP contribution in [0.15, 0.2) is 12.2 Å². The molecule has 2 N–H and O–H groups in total. The highest BCUT2D eigenvalue weighted by molar-refractivity contribution is 5.92. The molecule has 0 bridgehead atoms. The number of amides is 1. The fraction of sp³-hybridized carbons (Fsp3) is 0.667. The maximum Gasteiger partial charge on any atom is 0.334 e. The van der Waals surface area contributed by atoms with Crippen LogP contribution in [-0.2, 0) is 9.59 Å². The molecule has 0 heterocycles. The molecule has 0 saturated heterocycles. The molecule has 0 aliphatic carbocycles. The summed E-state index contributed by atoms with van der Waals surface area (Å²) in [5.74, 6) is -1.66. The number of aliphatic hydroxyl groups is 1. The van der Waals surface area contributed by atoms with Gasteiger partial charge in [0.2, 0.25) is 5.91 Å². The van der Waals surface area contributed by atoms with Crippen molar-refractivity contribution in [2.45, 2.75) is 19.4 Å². The fourth-order valence-electron chi connectivity index (χ4n) is 1.41. The Balaban J connectivity index is 4.48. The van der Waals surface area contributed by atoms with Crippen LogP contribution in [0.2, 0.25) is 0 Å². The molecule has 18 heavy (non-hydrogen) atoms. The van der Waals surface area contributed by atoms with E-state index in [1.54, 1.807) is 6.92 Å². The summed E-state index contributed by atoms with van der Waals surface area (Å²) in [7, 11) is 3.83. The number of nitrogens with zero attached hydrogens (tertiary/aromatic N) is 2. The van der Waals surface area contributed by atoms with Crippen LogP contribution in [0.4, 0.5) is 0 Å². The van der Waals surface area contributed by atoms with Crippen molar-refractivity contribution in [3.8, 4) is 0 Å². The van der Waals surface area contributed by atoms with Gasteiger partial charge in [0.25, 0.3) is 0 Å². The van der Waals surface area contributed by atoms with Crippen LogP contribution in [0.25, 0.3) is 0 Å². The van der Waals surface area contributed by atoms with E-state index in [1.807, 2.05) is 19.0 Å². The van der Waals surface area contributed by atoms with Gasteiger partial charge in [0.1, 0.15) is 0 Å². The Labute approximate surface area is 107 Å². The molecule has 104 valence electrons. The van der Waals surface area contributed by atoms with Crippen LogP contribution in [0.1, 0.15) is 13.3 Å². The number of hydrogen-bond acceptors (Lipinski definition) is 4. The third kappa shape index (κ3) is 6.36. The zero-order chi connectivity index (χ0) is 14.3. The summed E-state index contributed by atoms with van der Waals surface area (Å²) >= 11 is 0. The summed E-state index contributed by atoms with van der Waals surface area (Å²) in [5, 5.41) is 17.9. The van der Waals surface area contributed by atoms with Gasteiger partial charge in [-0.25, -0.2) is 4.79 Å². The second-order valence-corrected chi connectivity index (χ2v) is 4.54. The number of rotatable bonds is 8. The molecule has 0 aromatic heterocycles. The highest BCUT2D eigenvalue weighted by Gasteiger charge is 2.21. The molecule has 0 fully saturated rings. The Morgan fingerprint density at radius 3 is 2.22 bits per heavy atom. The predicted octanol–water partition coefficient (Wildman–Crippen LogP) is -0.212. The van der Waals surface area contributed by atoms with Crippen LogP contribution in [-0.4, -0.2) is 71.7 Å². The van der Waals surface area contributed by atoms with Gasteiger partial charge in [-0.3, -0.25) is 4.79 Å². The average molecular weight is 258 g/mol.